The number of carboxylic acids is 1. The standard InChI is InChI=1S/C22H17ClN2O5S/c23-14-3-1-2-13(10-14)21(28)25-15-4-7-17(8-5-15)31-12-20(27)24-16-6-9-19(26)18(11-16)22(29)30/h1-11,26H,12H2,(H,24,27)(H,25,28)(H,29,30). The van der Waals surface area contributed by atoms with Crippen molar-refractivity contribution in [3.63, 3.8) is 0 Å². The Balaban J connectivity index is 1.53. The highest BCUT2D eigenvalue weighted by Crippen LogP contribution is 2.23. The molecule has 3 rings (SSSR count). The average molecular weight is 457 g/mol. The molecular weight excluding hydrogens is 440 g/mol. The summed E-state index contributed by atoms with van der Waals surface area (Å²) < 4.78 is 0. The zero-order valence-corrected chi connectivity index (χ0v) is 17.5. The molecule has 9 heteroatoms. The molecule has 0 atom stereocenters. The first-order valence-corrected chi connectivity index (χ1v) is 10.3. The third-order valence-electron chi connectivity index (χ3n) is 4.08. The number of hydrogen-bond acceptors (Lipinski definition) is 5. The first kappa shape index (κ1) is 22.2. The van der Waals surface area contributed by atoms with Gasteiger partial charge in [-0.1, -0.05) is 17.7 Å². The molecule has 4 N–H and O–H groups in total. The third kappa shape index (κ3) is 6.24. The lowest BCUT2D eigenvalue weighted by atomic mass is 10.2. The summed E-state index contributed by atoms with van der Waals surface area (Å²) >= 11 is 7.18. The normalized spacial score (nSPS) is 10.4. The van der Waals surface area contributed by atoms with Gasteiger partial charge in [-0.3, -0.25) is 9.59 Å². The fourth-order valence-corrected chi connectivity index (χ4v) is 3.49. The molecule has 3 aromatic rings. The van der Waals surface area contributed by atoms with Crippen molar-refractivity contribution in [3.8, 4) is 5.75 Å². The maximum Gasteiger partial charge on any atom is 0.339 e. The van der Waals surface area contributed by atoms with Crippen LogP contribution in [0.5, 0.6) is 5.75 Å². The Morgan fingerprint density at radius 2 is 1.61 bits per heavy atom. The molecule has 0 bridgehead atoms. The maximum absolute atomic E-state index is 12.2. The summed E-state index contributed by atoms with van der Waals surface area (Å²) in [4.78, 5) is 36.2. The minimum Gasteiger partial charge on any atom is -0.507 e. The van der Waals surface area contributed by atoms with Gasteiger partial charge in [0.2, 0.25) is 5.91 Å². The number of carboxylic acid groups (broad SMARTS) is 1. The highest BCUT2D eigenvalue weighted by Gasteiger charge is 2.12. The first-order valence-electron chi connectivity index (χ1n) is 8.98. The second-order valence-corrected chi connectivity index (χ2v) is 7.85. The molecule has 158 valence electrons. The van der Waals surface area contributed by atoms with Crippen LogP contribution in [-0.2, 0) is 4.79 Å². The molecule has 0 saturated heterocycles. The van der Waals surface area contributed by atoms with E-state index >= 15 is 0 Å². The molecule has 31 heavy (non-hydrogen) atoms. The van der Waals surface area contributed by atoms with Crippen molar-refractivity contribution in [1.29, 1.82) is 0 Å². The smallest absolute Gasteiger partial charge is 0.339 e. The van der Waals surface area contributed by atoms with E-state index in [4.69, 9.17) is 16.7 Å². The summed E-state index contributed by atoms with van der Waals surface area (Å²) in [7, 11) is 0. The molecule has 0 fully saturated rings. The van der Waals surface area contributed by atoms with E-state index in [9.17, 15) is 19.5 Å². The van der Waals surface area contributed by atoms with Crippen LogP contribution in [0.15, 0.2) is 71.6 Å². The fraction of sp³-hybridized carbons (Fsp3) is 0.0455. The zero-order chi connectivity index (χ0) is 22.4. The van der Waals surface area contributed by atoms with E-state index in [1.54, 1.807) is 48.5 Å². The molecule has 0 saturated carbocycles. The third-order valence-corrected chi connectivity index (χ3v) is 5.33. The van der Waals surface area contributed by atoms with Gasteiger partial charge in [-0.05, 0) is 60.7 Å². The minimum absolute atomic E-state index is 0.0947. The Hall–Kier alpha value is -3.49. The summed E-state index contributed by atoms with van der Waals surface area (Å²) in [5.74, 6) is -2.17. The number of thioether (sulfide) groups is 1. The van der Waals surface area contributed by atoms with Gasteiger partial charge in [0.25, 0.3) is 5.91 Å². The average Bonchev–Trinajstić information content (AvgIpc) is 2.74. The van der Waals surface area contributed by atoms with E-state index < -0.39 is 5.97 Å². The Kier molecular flexibility index (Phi) is 7.17. The van der Waals surface area contributed by atoms with Gasteiger partial charge in [-0.2, -0.15) is 0 Å². The number of benzene rings is 3. The summed E-state index contributed by atoms with van der Waals surface area (Å²) in [6.45, 7) is 0. The summed E-state index contributed by atoms with van der Waals surface area (Å²) in [5.41, 5.74) is 1.03. The number of carbonyl (C=O) groups excluding carboxylic acids is 2. The molecule has 0 spiro atoms. The predicted octanol–water partition coefficient (Wildman–Crippen LogP) is 4.73. The number of hydrogen-bond donors (Lipinski definition) is 4. The summed E-state index contributed by atoms with van der Waals surface area (Å²) in [6.07, 6.45) is 0. The second-order valence-electron chi connectivity index (χ2n) is 6.36. The highest BCUT2D eigenvalue weighted by molar-refractivity contribution is 8.00. The molecule has 0 heterocycles. The minimum atomic E-state index is -1.29. The molecule has 7 nitrogen and oxygen atoms in total. The van der Waals surface area contributed by atoms with Crippen LogP contribution in [0.1, 0.15) is 20.7 Å². The summed E-state index contributed by atoms with van der Waals surface area (Å²) in [5, 5.41) is 24.4. The number of phenols is 1. The number of aromatic carboxylic acids is 1. The van der Waals surface area contributed by atoms with E-state index in [1.807, 2.05) is 0 Å². The highest BCUT2D eigenvalue weighted by atomic mass is 35.5. The fourth-order valence-electron chi connectivity index (χ4n) is 2.60. The van der Waals surface area contributed by atoms with Crippen molar-refractivity contribution in [2.45, 2.75) is 4.90 Å². The van der Waals surface area contributed by atoms with Crippen LogP contribution in [0, 0.1) is 0 Å². The van der Waals surface area contributed by atoms with Gasteiger partial charge >= 0.3 is 5.97 Å². The van der Waals surface area contributed by atoms with Gasteiger partial charge in [-0.25, -0.2) is 4.79 Å². The Bertz CT molecular complexity index is 1140. The van der Waals surface area contributed by atoms with E-state index in [-0.39, 0.29) is 34.6 Å². The quantitative estimate of drug-likeness (QED) is 0.302. The lowest BCUT2D eigenvalue weighted by Crippen LogP contribution is -2.14. The zero-order valence-electron chi connectivity index (χ0n) is 16.0. The van der Waals surface area contributed by atoms with E-state index in [0.717, 1.165) is 4.90 Å². The molecule has 0 radical (unpaired) electrons. The topological polar surface area (TPSA) is 116 Å². The molecule has 0 aliphatic rings. The number of halogens is 1. The second kappa shape index (κ2) is 10.0. The van der Waals surface area contributed by atoms with Crippen molar-refractivity contribution in [3.05, 3.63) is 82.9 Å². The van der Waals surface area contributed by atoms with Crippen LogP contribution in [0.25, 0.3) is 0 Å². The Morgan fingerprint density at radius 3 is 2.29 bits per heavy atom. The molecule has 0 aliphatic carbocycles. The Labute approximate surface area is 187 Å². The van der Waals surface area contributed by atoms with Crippen LogP contribution in [0.3, 0.4) is 0 Å². The molecular formula is C22H17ClN2O5S. The maximum atomic E-state index is 12.2. The van der Waals surface area contributed by atoms with Gasteiger partial charge in [0.05, 0.1) is 5.75 Å². The van der Waals surface area contributed by atoms with E-state index in [0.29, 0.717) is 16.3 Å². The van der Waals surface area contributed by atoms with E-state index in [2.05, 4.69) is 10.6 Å². The van der Waals surface area contributed by atoms with Crippen LogP contribution < -0.4 is 10.6 Å². The number of rotatable bonds is 7. The van der Waals surface area contributed by atoms with Gasteiger partial charge in [0.1, 0.15) is 11.3 Å². The molecule has 0 aliphatic heterocycles. The van der Waals surface area contributed by atoms with Gasteiger partial charge < -0.3 is 20.8 Å². The monoisotopic (exact) mass is 456 g/mol. The van der Waals surface area contributed by atoms with E-state index in [1.165, 1.54) is 30.0 Å². The van der Waals surface area contributed by atoms with Crippen molar-refractivity contribution in [2.24, 2.45) is 0 Å². The first-order chi connectivity index (χ1) is 14.8. The lowest BCUT2D eigenvalue weighted by molar-refractivity contribution is -0.113. The number of amides is 2. The molecule has 2 amide bonds. The van der Waals surface area contributed by atoms with Crippen LogP contribution in [0.4, 0.5) is 11.4 Å². The number of aromatic hydroxyl groups is 1. The van der Waals surface area contributed by atoms with Crippen LogP contribution in [-0.4, -0.2) is 33.7 Å². The van der Waals surface area contributed by atoms with Crippen molar-refractivity contribution in [1.82, 2.24) is 0 Å². The largest absolute Gasteiger partial charge is 0.507 e. The predicted molar refractivity (Wildman–Crippen MR) is 120 cm³/mol. The molecule has 3 aromatic carbocycles. The lowest BCUT2D eigenvalue weighted by Gasteiger charge is -2.08. The molecule has 0 unspecified atom stereocenters. The number of nitrogens with one attached hydrogen (secondary N) is 2. The number of anilines is 2. The molecule has 0 aromatic heterocycles. The van der Waals surface area contributed by atoms with Gasteiger partial charge in [0, 0.05) is 26.9 Å². The van der Waals surface area contributed by atoms with Gasteiger partial charge in [0.15, 0.2) is 0 Å². The van der Waals surface area contributed by atoms with Crippen molar-refractivity contribution in [2.75, 3.05) is 16.4 Å². The van der Waals surface area contributed by atoms with Crippen LogP contribution >= 0.6 is 23.4 Å². The van der Waals surface area contributed by atoms with Gasteiger partial charge in [-0.15, -0.1) is 11.8 Å². The summed E-state index contributed by atoms with van der Waals surface area (Å²) in [6, 6.07) is 17.4. The van der Waals surface area contributed by atoms with Crippen molar-refractivity contribution < 1.29 is 24.6 Å². The van der Waals surface area contributed by atoms with Crippen LogP contribution in [0.2, 0.25) is 5.02 Å². The SMILES string of the molecule is O=C(CSc1ccc(NC(=O)c2cccc(Cl)c2)cc1)Nc1ccc(O)c(C(=O)O)c1. The Morgan fingerprint density at radius 1 is 0.903 bits per heavy atom. The number of carbonyl (C=O) groups is 3. The van der Waals surface area contributed by atoms with Crippen molar-refractivity contribution >= 4 is 52.5 Å².